The second-order valence-electron chi connectivity index (χ2n) is 6.54. The molecule has 0 unspecified atom stereocenters. The maximum absolute atomic E-state index is 12.5. The van der Waals surface area contributed by atoms with Gasteiger partial charge in [-0.25, -0.2) is 9.98 Å². The van der Waals surface area contributed by atoms with Crippen LogP contribution >= 0.6 is 22.9 Å². The molecule has 0 radical (unpaired) electrons. The average molecular weight is 424 g/mol. The number of hydrogen-bond acceptors (Lipinski definition) is 4. The Hall–Kier alpha value is -2.96. The molecule has 0 atom stereocenters. The summed E-state index contributed by atoms with van der Waals surface area (Å²) < 4.78 is 1.76. The summed E-state index contributed by atoms with van der Waals surface area (Å²) in [7, 11) is 0. The molecule has 1 amide bonds. The van der Waals surface area contributed by atoms with Crippen molar-refractivity contribution < 1.29 is 9.90 Å². The van der Waals surface area contributed by atoms with Crippen molar-refractivity contribution in [3.63, 3.8) is 0 Å². The van der Waals surface area contributed by atoms with Crippen molar-refractivity contribution in [1.82, 2.24) is 4.57 Å². The van der Waals surface area contributed by atoms with Gasteiger partial charge in [-0.1, -0.05) is 48.1 Å². The molecule has 3 aromatic rings. The summed E-state index contributed by atoms with van der Waals surface area (Å²) in [6, 6.07) is 14.8. The van der Waals surface area contributed by atoms with Gasteiger partial charge in [0.05, 0.1) is 15.9 Å². The first-order valence-electron chi connectivity index (χ1n) is 9.19. The molecule has 7 heteroatoms. The predicted octanol–water partition coefficient (Wildman–Crippen LogP) is 3.57. The highest BCUT2D eigenvalue weighted by molar-refractivity contribution is 7.10. The zero-order valence-electron chi connectivity index (χ0n) is 15.7. The summed E-state index contributed by atoms with van der Waals surface area (Å²) in [6.07, 6.45) is 4.24. The molecule has 1 aliphatic heterocycles. The molecule has 0 bridgehead atoms. The van der Waals surface area contributed by atoms with Gasteiger partial charge in [0, 0.05) is 22.4 Å². The number of para-hydroxylation sites is 1. The van der Waals surface area contributed by atoms with Gasteiger partial charge in [0.25, 0.3) is 5.91 Å². The van der Waals surface area contributed by atoms with Gasteiger partial charge in [-0.3, -0.25) is 9.36 Å². The molecule has 0 fully saturated rings. The number of hydrogen-bond donors (Lipinski definition) is 1. The summed E-state index contributed by atoms with van der Waals surface area (Å²) in [5, 5.41) is 12.7. The number of halogens is 1. The van der Waals surface area contributed by atoms with Crippen LogP contribution in [0.2, 0.25) is 5.02 Å². The highest BCUT2D eigenvalue weighted by Crippen LogP contribution is 2.25. The third-order valence-electron chi connectivity index (χ3n) is 4.39. The molecule has 4 rings (SSSR count). The van der Waals surface area contributed by atoms with E-state index in [4.69, 9.17) is 11.6 Å². The summed E-state index contributed by atoms with van der Waals surface area (Å²) in [5.41, 5.74) is 1.20. The lowest BCUT2D eigenvalue weighted by Crippen LogP contribution is -2.30. The minimum absolute atomic E-state index is 0.0946. The minimum Gasteiger partial charge on any atom is -0.493 e. The maximum Gasteiger partial charge on any atom is 0.277 e. The number of amides is 1. The molecule has 0 saturated heterocycles. The molecule has 1 aliphatic rings. The van der Waals surface area contributed by atoms with Crippen molar-refractivity contribution in [1.29, 1.82) is 0 Å². The maximum atomic E-state index is 12.5. The van der Waals surface area contributed by atoms with Crippen molar-refractivity contribution in [3.8, 4) is 5.88 Å². The molecular formula is C22H18ClN3O2S. The van der Waals surface area contributed by atoms with Crippen LogP contribution in [0.15, 0.2) is 64.1 Å². The summed E-state index contributed by atoms with van der Waals surface area (Å²) >= 11 is 7.39. The van der Waals surface area contributed by atoms with Crippen LogP contribution in [0, 0.1) is 0 Å². The lowest BCUT2D eigenvalue weighted by Gasteiger charge is -2.04. The van der Waals surface area contributed by atoms with Gasteiger partial charge in [0.2, 0.25) is 5.88 Å². The number of rotatable bonds is 4. The second-order valence-corrected chi connectivity index (χ2v) is 7.98. The number of aromatic nitrogens is 1. The largest absolute Gasteiger partial charge is 0.493 e. The summed E-state index contributed by atoms with van der Waals surface area (Å²) in [5.74, 6) is -0.256. The number of thiazole rings is 1. The molecule has 0 saturated carbocycles. The number of carbonyl (C=O) groups excluding carboxylic acids is 1. The van der Waals surface area contributed by atoms with Crippen LogP contribution in [0.1, 0.15) is 18.2 Å². The lowest BCUT2D eigenvalue weighted by atomic mass is 10.1. The number of fused-ring (bicyclic) bond motifs is 1. The third-order valence-corrected chi connectivity index (χ3v) is 5.64. The van der Waals surface area contributed by atoms with Crippen molar-refractivity contribution in [3.05, 3.63) is 79.4 Å². The molecule has 5 nitrogen and oxygen atoms in total. The van der Waals surface area contributed by atoms with Gasteiger partial charge in [-0.15, -0.1) is 0 Å². The Bertz CT molecular complexity index is 1300. The van der Waals surface area contributed by atoms with Crippen molar-refractivity contribution in [2.24, 2.45) is 9.98 Å². The van der Waals surface area contributed by atoms with Crippen molar-refractivity contribution >= 4 is 46.7 Å². The van der Waals surface area contributed by atoms with Crippen LogP contribution in [0.3, 0.4) is 0 Å². The van der Waals surface area contributed by atoms with E-state index < -0.39 is 0 Å². The fourth-order valence-electron chi connectivity index (χ4n) is 3.03. The molecule has 2 heterocycles. The van der Waals surface area contributed by atoms with Crippen LogP contribution in [0.4, 0.5) is 5.69 Å². The summed E-state index contributed by atoms with van der Waals surface area (Å²) in [6.45, 7) is 2.66. The minimum atomic E-state index is -0.351. The van der Waals surface area contributed by atoms with E-state index in [0.717, 1.165) is 17.3 Å². The normalized spacial score (nSPS) is 15.2. The van der Waals surface area contributed by atoms with Gasteiger partial charge in [-0.05, 0) is 48.9 Å². The Balaban J connectivity index is 1.85. The van der Waals surface area contributed by atoms with E-state index >= 15 is 0 Å². The van der Waals surface area contributed by atoms with Crippen LogP contribution in [-0.2, 0) is 11.3 Å². The SMILES string of the molecule is CCCn1c(O)c(/C=C2/C=c3cc(Cl)ccc3=NC2=O)sc1=Nc1ccccc1. The average Bonchev–Trinajstić information content (AvgIpc) is 2.99. The Morgan fingerprint density at radius 1 is 1.24 bits per heavy atom. The Morgan fingerprint density at radius 2 is 2.03 bits per heavy atom. The van der Waals surface area contributed by atoms with Gasteiger partial charge in [0.1, 0.15) is 0 Å². The zero-order chi connectivity index (χ0) is 20.4. The monoisotopic (exact) mass is 423 g/mol. The fourth-order valence-corrected chi connectivity index (χ4v) is 4.23. The third kappa shape index (κ3) is 4.09. The van der Waals surface area contributed by atoms with Crippen molar-refractivity contribution in [2.45, 2.75) is 19.9 Å². The van der Waals surface area contributed by atoms with E-state index in [-0.39, 0.29) is 11.8 Å². The smallest absolute Gasteiger partial charge is 0.277 e. The number of carbonyl (C=O) groups is 1. The van der Waals surface area contributed by atoms with Gasteiger partial charge >= 0.3 is 0 Å². The van der Waals surface area contributed by atoms with Crippen LogP contribution < -0.4 is 15.4 Å². The standard InChI is InChI=1S/C22H18ClN3O2S/c1-2-10-26-21(28)19(29-22(26)24-17-6-4-3-5-7-17)13-15-11-14-12-16(23)8-9-18(14)25-20(15)27/h3-9,11-13,28H,2,10H2,1H3/b15-13-,24-22?. The molecule has 2 aromatic carbocycles. The van der Waals surface area contributed by atoms with E-state index in [1.807, 2.05) is 37.3 Å². The topological polar surface area (TPSA) is 66.9 Å². The zero-order valence-corrected chi connectivity index (χ0v) is 17.2. The second kappa shape index (κ2) is 8.19. The van der Waals surface area contributed by atoms with Gasteiger partial charge < -0.3 is 5.11 Å². The van der Waals surface area contributed by atoms with E-state index in [1.54, 1.807) is 34.9 Å². The Kier molecular flexibility index (Phi) is 5.47. The molecule has 146 valence electrons. The number of nitrogens with zero attached hydrogens (tertiary/aromatic N) is 3. The molecule has 1 aromatic heterocycles. The first kappa shape index (κ1) is 19.4. The molecule has 0 spiro atoms. The molecule has 29 heavy (non-hydrogen) atoms. The highest BCUT2D eigenvalue weighted by atomic mass is 35.5. The van der Waals surface area contributed by atoms with Gasteiger partial charge in [-0.2, -0.15) is 0 Å². The predicted molar refractivity (Wildman–Crippen MR) is 116 cm³/mol. The first-order chi connectivity index (χ1) is 14.0. The van der Waals surface area contributed by atoms with Crippen LogP contribution in [-0.4, -0.2) is 15.6 Å². The van der Waals surface area contributed by atoms with E-state index in [1.165, 1.54) is 11.3 Å². The first-order valence-corrected chi connectivity index (χ1v) is 10.4. The van der Waals surface area contributed by atoms with E-state index in [9.17, 15) is 9.90 Å². The van der Waals surface area contributed by atoms with Crippen LogP contribution in [0.25, 0.3) is 12.2 Å². The molecular weight excluding hydrogens is 406 g/mol. The number of aromatic hydroxyl groups is 1. The van der Waals surface area contributed by atoms with Gasteiger partial charge in [0.15, 0.2) is 4.80 Å². The van der Waals surface area contributed by atoms with Crippen molar-refractivity contribution in [2.75, 3.05) is 0 Å². The number of benzene rings is 2. The van der Waals surface area contributed by atoms with E-state index in [0.29, 0.717) is 32.2 Å². The molecule has 0 aliphatic carbocycles. The lowest BCUT2D eigenvalue weighted by molar-refractivity contribution is -0.114. The quantitative estimate of drug-likeness (QED) is 0.652. The molecule has 1 N–H and O–H groups in total. The Labute approximate surface area is 176 Å². The van der Waals surface area contributed by atoms with Crippen LogP contribution in [0.5, 0.6) is 5.88 Å². The Morgan fingerprint density at radius 3 is 2.79 bits per heavy atom. The highest BCUT2D eigenvalue weighted by Gasteiger charge is 2.15. The van der Waals surface area contributed by atoms with E-state index in [2.05, 4.69) is 9.98 Å². The summed E-state index contributed by atoms with van der Waals surface area (Å²) in [4.78, 5) is 22.5. The fraction of sp³-hybridized carbons (Fsp3) is 0.136.